The monoisotopic (exact) mass is 209 g/mol. The van der Waals surface area contributed by atoms with Gasteiger partial charge in [0.1, 0.15) is 0 Å². The minimum atomic E-state index is 0. The molecule has 0 rings (SSSR count). The van der Waals surface area contributed by atoms with Crippen LogP contribution in [0.1, 0.15) is 40.5 Å². The largest absolute Gasteiger partial charge is 3.00 e. The number of hydrogen-bond acceptors (Lipinski definition) is 1. The predicted molar refractivity (Wildman–Crippen MR) is 55.1 cm³/mol. The molecule has 0 aliphatic carbocycles. The van der Waals surface area contributed by atoms with E-state index in [2.05, 4.69) is 27.7 Å². The second-order valence-electron chi connectivity index (χ2n) is 1.08. The Balaban J connectivity index is -0.0000000203. The molecule has 0 fully saturated rings. The molecule has 0 spiro atoms. The van der Waals surface area contributed by atoms with Crippen molar-refractivity contribution in [1.82, 2.24) is 0 Å². The van der Waals surface area contributed by atoms with Crippen LogP contribution in [0.4, 0.5) is 0 Å². The van der Waals surface area contributed by atoms with Crippen LogP contribution in [0.25, 0.3) is 0 Å². The molecule has 0 bridgehead atoms. The van der Waals surface area contributed by atoms with E-state index >= 15 is 0 Å². The summed E-state index contributed by atoms with van der Waals surface area (Å²) >= 11 is 0. The molecule has 0 aliphatic rings. The van der Waals surface area contributed by atoms with Gasteiger partial charge < -0.3 is 25.9 Å². The van der Waals surface area contributed by atoms with Crippen molar-refractivity contribution < 1.29 is 26.8 Å². The van der Waals surface area contributed by atoms with Crippen LogP contribution >= 0.6 is 0 Å². The molecule has 75 valence electrons. The first-order valence-electron chi connectivity index (χ1n) is 4.14. The van der Waals surface area contributed by atoms with E-state index in [-0.39, 0.29) is 21.7 Å². The second-order valence-corrected chi connectivity index (χ2v) is 1.08. The molecule has 0 aromatic rings. The molecule has 1 N–H and O–H groups in total. The Kier molecular flexibility index (Phi) is 241. The molecule has 0 aromatic carbocycles. The summed E-state index contributed by atoms with van der Waals surface area (Å²) in [6.45, 7) is 17.4. The maximum atomic E-state index is 8.07. The van der Waals surface area contributed by atoms with Crippen molar-refractivity contribution >= 4 is 0 Å². The van der Waals surface area contributed by atoms with Crippen molar-refractivity contribution in [1.29, 1.82) is 0 Å². The Bertz CT molecular complexity index is 17.3. The fraction of sp³-hybridized carbons (Fsp3) is 0.700. The van der Waals surface area contributed by atoms with Gasteiger partial charge in [-0.1, -0.05) is 13.3 Å². The van der Waals surface area contributed by atoms with Gasteiger partial charge in [-0.3, -0.25) is 0 Å². The predicted octanol–water partition coefficient (Wildman–Crippen LogP) is 3.30. The van der Waals surface area contributed by atoms with Crippen LogP contribution in [-0.4, -0.2) is 11.7 Å². The molecule has 0 aromatic heterocycles. The third kappa shape index (κ3) is 140. The Morgan fingerprint density at radius 2 is 1.17 bits per heavy atom. The molecule has 1 radical (unpaired) electrons. The zero-order valence-corrected chi connectivity index (χ0v) is 10.8. The fourth-order valence-corrected chi connectivity index (χ4v) is 0.158. The standard InChI is InChI=1S/C4H10O.3C2H5.Ti/c1-2-3-4-5;3*1-2;/h5H,2-4H2,1H3;3*1H2,2H3;/q;3*-1;+3. The Morgan fingerprint density at radius 3 is 1.17 bits per heavy atom. The van der Waals surface area contributed by atoms with Crippen LogP contribution < -0.4 is 0 Å². The normalized spacial score (nSPS) is 5.00. The average Bonchev–Trinajstić information content (AvgIpc) is 2.16. The zero-order valence-electron chi connectivity index (χ0n) is 9.19. The molecule has 0 saturated heterocycles. The van der Waals surface area contributed by atoms with E-state index < -0.39 is 0 Å². The van der Waals surface area contributed by atoms with Crippen molar-refractivity contribution in [3.8, 4) is 0 Å². The third-order valence-corrected chi connectivity index (χ3v) is 0.512. The van der Waals surface area contributed by atoms with E-state index in [9.17, 15) is 0 Å². The average molecular weight is 209 g/mol. The molecule has 2 heteroatoms. The molecule has 0 heterocycles. The van der Waals surface area contributed by atoms with Gasteiger partial charge in [-0.2, -0.15) is 20.8 Å². The van der Waals surface area contributed by atoms with Crippen molar-refractivity contribution in [3.05, 3.63) is 20.8 Å². The van der Waals surface area contributed by atoms with Crippen LogP contribution in [0.3, 0.4) is 0 Å². The molecule has 0 amide bonds. The minimum Gasteiger partial charge on any atom is -0.396 e. The molecular formula is C10H25OTi. The van der Waals surface area contributed by atoms with Gasteiger partial charge in [0, 0.05) is 6.61 Å². The summed E-state index contributed by atoms with van der Waals surface area (Å²) in [7, 11) is 0. The van der Waals surface area contributed by atoms with Crippen LogP contribution in [0, 0.1) is 20.8 Å². The van der Waals surface area contributed by atoms with Gasteiger partial charge in [-0.15, -0.1) is 0 Å². The van der Waals surface area contributed by atoms with Crippen molar-refractivity contribution in [2.24, 2.45) is 0 Å². The Morgan fingerprint density at radius 1 is 0.917 bits per heavy atom. The summed E-state index contributed by atoms with van der Waals surface area (Å²) in [4.78, 5) is 0. The summed E-state index contributed by atoms with van der Waals surface area (Å²) in [6.07, 6.45) is 2.04. The van der Waals surface area contributed by atoms with Crippen LogP contribution in [-0.2, 0) is 21.7 Å². The summed E-state index contributed by atoms with van der Waals surface area (Å²) in [6, 6.07) is 0. The molecule has 0 aliphatic heterocycles. The summed E-state index contributed by atoms with van der Waals surface area (Å²) in [5, 5.41) is 8.07. The topological polar surface area (TPSA) is 20.2 Å². The quantitative estimate of drug-likeness (QED) is 0.546. The minimum absolute atomic E-state index is 0. The van der Waals surface area contributed by atoms with E-state index in [1.54, 1.807) is 20.8 Å². The maximum absolute atomic E-state index is 8.07. The molecule has 0 saturated carbocycles. The molecule has 0 unspecified atom stereocenters. The van der Waals surface area contributed by atoms with Gasteiger partial charge in [0.15, 0.2) is 0 Å². The van der Waals surface area contributed by atoms with Gasteiger partial charge in [0.2, 0.25) is 0 Å². The van der Waals surface area contributed by atoms with Crippen LogP contribution in [0.15, 0.2) is 0 Å². The number of aliphatic hydroxyl groups is 1. The SMILES string of the molecule is CCCCO.[CH2-]C.[CH2-]C.[CH2-]C.[Ti+3]. The first-order chi connectivity index (χ1) is 5.41. The number of aliphatic hydroxyl groups excluding tert-OH is 1. The zero-order chi connectivity index (χ0) is 10.1. The van der Waals surface area contributed by atoms with E-state index in [1.165, 1.54) is 0 Å². The first kappa shape index (κ1) is 29.3. The van der Waals surface area contributed by atoms with E-state index in [1.807, 2.05) is 0 Å². The smallest absolute Gasteiger partial charge is 0.396 e. The van der Waals surface area contributed by atoms with E-state index in [0.29, 0.717) is 6.61 Å². The van der Waals surface area contributed by atoms with Crippen LogP contribution in [0.2, 0.25) is 0 Å². The van der Waals surface area contributed by atoms with Crippen molar-refractivity contribution in [3.63, 3.8) is 0 Å². The van der Waals surface area contributed by atoms with E-state index in [4.69, 9.17) is 5.11 Å². The molecule has 1 nitrogen and oxygen atoms in total. The number of rotatable bonds is 2. The summed E-state index contributed by atoms with van der Waals surface area (Å²) in [5.41, 5.74) is 0. The van der Waals surface area contributed by atoms with E-state index in [0.717, 1.165) is 12.8 Å². The number of unbranched alkanes of at least 4 members (excludes halogenated alkanes) is 1. The molecular weight excluding hydrogens is 184 g/mol. The Labute approximate surface area is 94.8 Å². The fourth-order valence-electron chi connectivity index (χ4n) is 0.158. The van der Waals surface area contributed by atoms with Gasteiger partial charge >= 0.3 is 21.7 Å². The molecule has 12 heavy (non-hydrogen) atoms. The van der Waals surface area contributed by atoms with Gasteiger partial charge in [0.25, 0.3) is 0 Å². The molecule has 0 atom stereocenters. The maximum Gasteiger partial charge on any atom is 3.00 e. The third-order valence-electron chi connectivity index (χ3n) is 0.512. The van der Waals surface area contributed by atoms with Gasteiger partial charge in [-0.05, 0) is 6.42 Å². The first-order valence-corrected chi connectivity index (χ1v) is 4.14. The van der Waals surface area contributed by atoms with Gasteiger partial charge in [-0.25, -0.2) is 0 Å². The Hall–Kier alpha value is 0.674. The van der Waals surface area contributed by atoms with Gasteiger partial charge in [0.05, 0.1) is 0 Å². The van der Waals surface area contributed by atoms with Crippen molar-refractivity contribution in [2.45, 2.75) is 40.5 Å². The second kappa shape index (κ2) is 98.5. The number of hydrogen-bond donors (Lipinski definition) is 1. The summed E-state index contributed by atoms with van der Waals surface area (Å²) in [5.74, 6) is 0. The summed E-state index contributed by atoms with van der Waals surface area (Å²) < 4.78 is 0. The van der Waals surface area contributed by atoms with Crippen LogP contribution in [0.5, 0.6) is 0 Å². The van der Waals surface area contributed by atoms with Crippen molar-refractivity contribution in [2.75, 3.05) is 6.61 Å².